The van der Waals surface area contributed by atoms with E-state index >= 15 is 0 Å². The molecule has 21 heavy (non-hydrogen) atoms. The summed E-state index contributed by atoms with van der Waals surface area (Å²) in [7, 11) is 0. The minimum Gasteiger partial charge on any atom is -0.437 e. The molecule has 0 aliphatic carbocycles. The summed E-state index contributed by atoms with van der Waals surface area (Å²) in [5.74, 6) is 1.56. The lowest BCUT2D eigenvalue weighted by Crippen LogP contribution is -2.17. The second-order valence-corrected chi connectivity index (χ2v) is 7.38. The fraction of sp³-hybridized carbons (Fsp3) is 0.333. The summed E-state index contributed by atoms with van der Waals surface area (Å²) in [5, 5.41) is 0.890. The first-order chi connectivity index (χ1) is 9.68. The van der Waals surface area contributed by atoms with Gasteiger partial charge in [-0.3, -0.25) is 0 Å². The van der Waals surface area contributed by atoms with Crippen LogP contribution in [0.15, 0.2) is 22.7 Å². The van der Waals surface area contributed by atoms with E-state index < -0.39 is 0 Å². The zero-order chi connectivity index (χ0) is 15.8. The highest BCUT2D eigenvalue weighted by molar-refractivity contribution is 9.10. The maximum Gasteiger partial charge on any atom is 0.227 e. The molecular weight excluding hydrogens is 375 g/mol. The highest BCUT2D eigenvalue weighted by atomic mass is 79.9. The minimum absolute atomic E-state index is 0.226. The van der Waals surface area contributed by atoms with Crippen molar-refractivity contribution in [3.8, 4) is 11.6 Å². The van der Waals surface area contributed by atoms with Crippen LogP contribution in [0.4, 0.5) is 0 Å². The van der Waals surface area contributed by atoms with Crippen LogP contribution in [-0.4, -0.2) is 9.97 Å². The molecule has 0 atom stereocenters. The lowest BCUT2D eigenvalue weighted by molar-refractivity contribution is 0.442. The Balaban J connectivity index is 2.49. The molecule has 0 fully saturated rings. The first-order valence-electron chi connectivity index (χ1n) is 6.36. The zero-order valence-electron chi connectivity index (χ0n) is 12.2. The van der Waals surface area contributed by atoms with Crippen LogP contribution < -0.4 is 4.74 Å². The topological polar surface area (TPSA) is 35.0 Å². The summed E-state index contributed by atoms with van der Waals surface area (Å²) >= 11 is 15.7. The van der Waals surface area contributed by atoms with Crippen molar-refractivity contribution >= 4 is 39.1 Å². The van der Waals surface area contributed by atoms with E-state index in [-0.39, 0.29) is 5.41 Å². The van der Waals surface area contributed by atoms with Crippen LogP contribution in [0, 0.1) is 6.92 Å². The average molecular weight is 390 g/mol. The maximum absolute atomic E-state index is 6.19. The van der Waals surface area contributed by atoms with E-state index in [0.29, 0.717) is 33.2 Å². The Morgan fingerprint density at radius 1 is 1.14 bits per heavy atom. The zero-order valence-corrected chi connectivity index (χ0v) is 15.3. The molecular formula is C15H15BrCl2N2O. The number of nitrogens with zero attached hydrogens (tertiary/aromatic N) is 2. The Labute approximate surface area is 142 Å². The third kappa shape index (κ3) is 3.87. The quantitative estimate of drug-likeness (QED) is 0.595. The van der Waals surface area contributed by atoms with Gasteiger partial charge >= 0.3 is 0 Å². The molecule has 0 spiro atoms. The normalized spacial score (nSPS) is 11.6. The SMILES string of the molecule is Cc1c(Cl)nc(C(C)(C)C)nc1Oc1cc(Br)ccc1Cl. The van der Waals surface area contributed by atoms with Gasteiger partial charge in [-0.05, 0) is 25.1 Å². The Bertz CT molecular complexity index is 684. The molecule has 0 saturated carbocycles. The number of benzene rings is 1. The monoisotopic (exact) mass is 388 g/mol. The lowest BCUT2D eigenvalue weighted by atomic mass is 9.96. The molecule has 0 N–H and O–H groups in total. The van der Waals surface area contributed by atoms with Gasteiger partial charge < -0.3 is 4.74 Å². The van der Waals surface area contributed by atoms with E-state index in [2.05, 4.69) is 25.9 Å². The highest BCUT2D eigenvalue weighted by Gasteiger charge is 2.22. The van der Waals surface area contributed by atoms with E-state index in [9.17, 15) is 0 Å². The highest BCUT2D eigenvalue weighted by Crippen LogP contribution is 2.35. The van der Waals surface area contributed by atoms with Crippen molar-refractivity contribution in [2.24, 2.45) is 0 Å². The molecule has 6 heteroatoms. The maximum atomic E-state index is 6.19. The van der Waals surface area contributed by atoms with Crippen LogP contribution in [0.25, 0.3) is 0 Å². The smallest absolute Gasteiger partial charge is 0.227 e. The van der Waals surface area contributed by atoms with E-state index in [4.69, 9.17) is 27.9 Å². The Kier molecular flexibility index (Phi) is 4.81. The number of halogens is 3. The van der Waals surface area contributed by atoms with Crippen LogP contribution in [0.3, 0.4) is 0 Å². The first kappa shape index (κ1) is 16.5. The predicted octanol–water partition coefficient (Wildman–Crippen LogP) is 5.94. The van der Waals surface area contributed by atoms with Gasteiger partial charge in [-0.15, -0.1) is 0 Å². The lowest BCUT2D eigenvalue weighted by Gasteiger charge is -2.19. The molecule has 3 nitrogen and oxygen atoms in total. The van der Waals surface area contributed by atoms with Crippen LogP contribution in [0.1, 0.15) is 32.2 Å². The van der Waals surface area contributed by atoms with Gasteiger partial charge in [0.15, 0.2) is 0 Å². The average Bonchev–Trinajstić information content (AvgIpc) is 2.37. The van der Waals surface area contributed by atoms with Crippen molar-refractivity contribution in [1.29, 1.82) is 0 Å². The minimum atomic E-state index is -0.226. The number of aromatic nitrogens is 2. The molecule has 2 aromatic rings. The molecule has 2 rings (SSSR count). The Morgan fingerprint density at radius 2 is 1.81 bits per heavy atom. The molecule has 0 radical (unpaired) electrons. The van der Waals surface area contributed by atoms with Gasteiger partial charge in [-0.2, -0.15) is 4.98 Å². The fourth-order valence-electron chi connectivity index (χ4n) is 1.56. The van der Waals surface area contributed by atoms with Crippen molar-refractivity contribution in [2.75, 3.05) is 0 Å². The predicted molar refractivity (Wildman–Crippen MR) is 89.7 cm³/mol. The largest absolute Gasteiger partial charge is 0.437 e. The number of hydrogen-bond acceptors (Lipinski definition) is 3. The molecule has 1 aromatic heterocycles. The molecule has 0 aliphatic rings. The molecule has 0 aliphatic heterocycles. The van der Waals surface area contributed by atoms with Gasteiger partial charge in [-0.25, -0.2) is 4.98 Å². The van der Waals surface area contributed by atoms with E-state index in [1.807, 2.05) is 33.8 Å². The standard InChI is InChI=1S/C15H15BrCl2N2O/c1-8-12(18)19-14(15(2,3)4)20-13(8)21-11-7-9(16)5-6-10(11)17/h5-7H,1-4H3. The van der Waals surface area contributed by atoms with Crippen LogP contribution in [0.5, 0.6) is 11.6 Å². The van der Waals surface area contributed by atoms with E-state index in [1.165, 1.54) is 0 Å². The third-order valence-electron chi connectivity index (χ3n) is 2.81. The number of ether oxygens (including phenoxy) is 1. The third-order valence-corrected chi connectivity index (χ3v) is 3.99. The van der Waals surface area contributed by atoms with Crippen molar-refractivity contribution in [3.63, 3.8) is 0 Å². The van der Waals surface area contributed by atoms with Crippen LogP contribution in [0.2, 0.25) is 10.2 Å². The number of rotatable bonds is 2. The summed E-state index contributed by atoms with van der Waals surface area (Å²) < 4.78 is 6.71. The van der Waals surface area contributed by atoms with Crippen molar-refractivity contribution in [1.82, 2.24) is 9.97 Å². The number of hydrogen-bond donors (Lipinski definition) is 0. The molecule has 0 saturated heterocycles. The second kappa shape index (κ2) is 6.11. The van der Waals surface area contributed by atoms with Gasteiger partial charge in [0.25, 0.3) is 0 Å². The fourth-order valence-corrected chi connectivity index (χ4v) is 2.22. The van der Waals surface area contributed by atoms with E-state index in [0.717, 1.165) is 4.47 Å². The van der Waals surface area contributed by atoms with Gasteiger partial charge in [0.2, 0.25) is 5.88 Å². The first-order valence-corrected chi connectivity index (χ1v) is 7.91. The Hall–Kier alpha value is -0.840. The Morgan fingerprint density at radius 3 is 2.43 bits per heavy atom. The summed E-state index contributed by atoms with van der Waals surface area (Å²) in [5.41, 5.74) is 0.456. The van der Waals surface area contributed by atoms with Gasteiger partial charge in [-0.1, -0.05) is 59.9 Å². The molecule has 0 unspecified atom stereocenters. The van der Waals surface area contributed by atoms with E-state index in [1.54, 1.807) is 12.1 Å². The van der Waals surface area contributed by atoms with Crippen LogP contribution >= 0.6 is 39.1 Å². The van der Waals surface area contributed by atoms with Gasteiger partial charge in [0.05, 0.1) is 5.02 Å². The summed E-state index contributed by atoms with van der Waals surface area (Å²) in [4.78, 5) is 8.80. The van der Waals surface area contributed by atoms with Gasteiger partial charge in [0.1, 0.15) is 16.7 Å². The molecule has 1 heterocycles. The summed E-state index contributed by atoms with van der Waals surface area (Å²) in [6, 6.07) is 5.38. The van der Waals surface area contributed by atoms with Crippen molar-refractivity contribution < 1.29 is 4.74 Å². The van der Waals surface area contributed by atoms with Crippen molar-refractivity contribution in [2.45, 2.75) is 33.1 Å². The molecule has 1 aromatic carbocycles. The summed E-state index contributed by atoms with van der Waals surface area (Å²) in [6.45, 7) is 7.87. The van der Waals surface area contributed by atoms with Crippen molar-refractivity contribution in [3.05, 3.63) is 44.2 Å². The van der Waals surface area contributed by atoms with Crippen LogP contribution in [-0.2, 0) is 5.41 Å². The molecule has 0 bridgehead atoms. The second-order valence-electron chi connectivity index (χ2n) is 5.69. The summed E-state index contributed by atoms with van der Waals surface area (Å²) in [6.07, 6.45) is 0. The molecule has 112 valence electrons. The van der Waals surface area contributed by atoms with Gasteiger partial charge in [0, 0.05) is 15.5 Å². The molecule has 0 amide bonds.